The number of rotatable bonds is 4. The van der Waals surface area contributed by atoms with E-state index in [1.54, 1.807) is 12.1 Å². The number of aromatic amines is 1. The number of nitrogen functional groups attached to an aromatic ring is 1. The fourth-order valence-corrected chi connectivity index (χ4v) is 1.62. The summed E-state index contributed by atoms with van der Waals surface area (Å²) in [6.07, 6.45) is 0.226. The van der Waals surface area contributed by atoms with Crippen molar-refractivity contribution >= 4 is 17.5 Å². The fourth-order valence-electron chi connectivity index (χ4n) is 1.62. The van der Waals surface area contributed by atoms with Crippen molar-refractivity contribution in [2.75, 3.05) is 17.2 Å². The van der Waals surface area contributed by atoms with Crippen molar-refractivity contribution in [2.45, 2.75) is 6.42 Å². The van der Waals surface area contributed by atoms with Crippen LogP contribution in [0.3, 0.4) is 0 Å². The van der Waals surface area contributed by atoms with Gasteiger partial charge in [-0.2, -0.15) is 10.2 Å². The summed E-state index contributed by atoms with van der Waals surface area (Å²) in [7, 11) is 0. The van der Waals surface area contributed by atoms with Crippen molar-refractivity contribution in [1.82, 2.24) is 15.2 Å². The first-order valence-corrected chi connectivity index (χ1v) is 5.64. The third-order valence-electron chi connectivity index (χ3n) is 2.47. The lowest BCUT2D eigenvalue weighted by atomic mass is 10.2. The van der Waals surface area contributed by atoms with Gasteiger partial charge < -0.3 is 10.6 Å². The number of carbonyl (C=O) groups is 1. The summed E-state index contributed by atoms with van der Waals surface area (Å²) < 4.78 is 0. The van der Waals surface area contributed by atoms with Crippen LogP contribution in [0.2, 0.25) is 0 Å². The number of carbonyl (C=O) groups excluding carboxylic acids is 1. The van der Waals surface area contributed by atoms with E-state index < -0.39 is 0 Å². The van der Waals surface area contributed by atoms with Crippen LogP contribution in [0.25, 0.3) is 0 Å². The molecule has 0 aliphatic heterocycles. The van der Waals surface area contributed by atoms with Gasteiger partial charge >= 0.3 is 0 Å². The van der Waals surface area contributed by atoms with E-state index in [1.807, 2.05) is 24.3 Å². The van der Waals surface area contributed by atoms with Crippen LogP contribution < -0.4 is 10.6 Å². The maximum absolute atomic E-state index is 12.3. The molecule has 1 amide bonds. The first-order valence-electron chi connectivity index (χ1n) is 5.64. The van der Waals surface area contributed by atoms with Crippen LogP contribution in [0.15, 0.2) is 30.3 Å². The Morgan fingerprint density at radius 1 is 1.42 bits per heavy atom. The highest BCUT2D eigenvalue weighted by molar-refractivity contribution is 6.03. The number of aromatic nitrogens is 3. The SMILES string of the molecule is N#CCCN(C(=O)c1nc(N)n[nH]1)c1ccccc1. The normalized spacial score (nSPS) is 9.84. The number of nitrogens with one attached hydrogen (secondary N) is 1. The quantitative estimate of drug-likeness (QED) is 0.845. The van der Waals surface area contributed by atoms with E-state index in [-0.39, 0.29) is 30.6 Å². The van der Waals surface area contributed by atoms with Crippen LogP contribution in [0, 0.1) is 11.3 Å². The van der Waals surface area contributed by atoms with Crippen LogP contribution in [-0.4, -0.2) is 27.6 Å². The minimum absolute atomic E-state index is 0.0108. The van der Waals surface area contributed by atoms with E-state index in [0.717, 1.165) is 0 Å². The third kappa shape index (κ3) is 2.87. The molecule has 2 aromatic rings. The smallest absolute Gasteiger partial charge is 0.295 e. The lowest BCUT2D eigenvalue weighted by Crippen LogP contribution is -2.32. The molecule has 7 heteroatoms. The summed E-state index contributed by atoms with van der Waals surface area (Å²) in [5, 5.41) is 14.8. The standard InChI is InChI=1S/C12H12N6O/c13-7-4-8-18(9-5-2-1-3-6-9)11(19)10-15-12(14)17-16-10/h1-3,5-6H,4,8H2,(H3,14,15,16,17). The summed E-state index contributed by atoms with van der Waals surface area (Å²) >= 11 is 0. The van der Waals surface area contributed by atoms with E-state index in [2.05, 4.69) is 15.2 Å². The number of nitrogens with zero attached hydrogens (tertiary/aromatic N) is 4. The number of amides is 1. The van der Waals surface area contributed by atoms with Crippen molar-refractivity contribution in [1.29, 1.82) is 5.26 Å². The van der Waals surface area contributed by atoms with Gasteiger partial charge in [0.2, 0.25) is 11.8 Å². The zero-order valence-electron chi connectivity index (χ0n) is 10.1. The molecule has 0 aliphatic rings. The molecule has 1 aromatic heterocycles. The molecule has 0 atom stereocenters. The van der Waals surface area contributed by atoms with E-state index >= 15 is 0 Å². The highest BCUT2D eigenvalue weighted by Gasteiger charge is 2.20. The van der Waals surface area contributed by atoms with Gasteiger partial charge in [-0.1, -0.05) is 18.2 Å². The monoisotopic (exact) mass is 256 g/mol. The minimum Gasteiger partial charge on any atom is -0.366 e. The zero-order valence-corrected chi connectivity index (χ0v) is 10.1. The molecule has 7 nitrogen and oxygen atoms in total. The maximum Gasteiger partial charge on any atom is 0.295 e. The number of para-hydroxylation sites is 1. The Hall–Kier alpha value is -2.88. The van der Waals surface area contributed by atoms with Gasteiger partial charge in [0.15, 0.2) is 0 Å². The molecule has 0 fully saturated rings. The number of hydrogen-bond donors (Lipinski definition) is 2. The summed E-state index contributed by atoms with van der Waals surface area (Å²) in [6, 6.07) is 11.1. The number of nitriles is 1. The van der Waals surface area contributed by atoms with Gasteiger partial charge in [-0.05, 0) is 12.1 Å². The van der Waals surface area contributed by atoms with Gasteiger partial charge in [-0.15, -0.1) is 5.10 Å². The molecule has 96 valence electrons. The second-order valence-electron chi connectivity index (χ2n) is 3.74. The van der Waals surface area contributed by atoms with Gasteiger partial charge in [0, 0.05) is 12.2 Å². The zero-order chi connectivity index (χ0) is 13.7. The van der Waals surface area contributed by atoms with Crippen LogP contribution in [-0.2, 0) is 0 Å². The van der Waals surface area contributed by atoms with Gasteiger partial charge in [0.25, 0.3) is 5.91 Å². The van der Waals surface area contributed by atoms with Crippen LogP contribution >= 0.6 is 0 Å². The molecule has 0 aliphatic carbocycles. The molecule has 0 bridgehead atoms. The molecule has 0 unspecified atom stereocenters. The lowest BCUT2D eigenvalue weighted by Gasteiger charge is -2.20. The second kappa shape index (κ2) is 5.64. The van der Waals surface area contributed by atoms with Gasteiger partial charge in [0.1, 0.15) is 0 Å². The lowest BCUT2D eigenvalue weighted by molar-refractivity contribution is 0.0978. The Labute approximate surface area is 109 Å². The topological polar surface area (TPSA) is 112 Å². The number of H-pyrrole nitrogens is 1. The maximum atomic E-state index is 12.3. The van der Waals surface area contributed by atoms with Crippen LogP contribution in [0.4, 0.5) is 11.6 Å². The molecular weight excluding hydrogens is 244 g/mol. The van der Waals surface area contributed by atoms with Crippen molar-refractivity contribution in [3.8, 4) is 6.07 Å². The molecule has 19 heavy (non-hydrogen) atoms. The van der Waals surface area contributed by atoms with E-state index in [0.29, 0.717) is 5.69 Å². The number of benzene rings is 1. The number of anilines is 2. The summed E-state index contributed by atoms with van der Waals surface area (Å²) in [5.74, 6) is -0.304. The summed E-state index contributed by atoms with van der Waals surface area (Å²) in [6.45, 7) is 0.278. The molecular formula is C12H12N6O. The Bertz CT molecular complexity index is 600. The highest BCUT2D eigenvalue weighted by atomic mass is 16.2. The molecule has 1 aromatic carbocycles. The largest absolute Gasteiger partial charge is 0.366 e. The van der Waals surface area contributed by atoms with Crippen LogP contribution in [0.1, 0.15) is 17.0 Å². The molecule has 0 radical (unpaired) electrons. The van der Waals surface area contributed by atoms with Gasteiger partial charge in [-0.25, -0.2) is 0 Å². The Balaban J connectivity index is 2.28. The Morgan fingerprint density at radius 3 is 2.74 bits per heavy atom. The molecule has 3 N–H and O–H groups in total. The van der Waals surface area contributed by atoms with E-state index in [9.17, 15) is 4.79 Å². The number of nitrogens with two attached hydrogens (primary N) is 1. The van der Waals surface area contributed by atoms with E-state index in [4.69, 9.17) is 11.0 Å². The fraction of sp³-hybridized carbons (Fsp3) is 0.167. The molecule has 2 rings (SSSR count). The van der Waals surface area contributed by atoms with E-state index in [1.165, 1.54) is 4.90 Å². The first kappa shape index (κ1) is 12.6. The summed E-state index contributed by atoms with van der Waals surface area (Å²) in [5.41, 5.74) is 6.07. The molecule has 0 saturated heterocycles. The van der Waals surface area contributed by atoms with Crippen molar-refractivity contribution < 1.29 is 4.79 Å². The first-order chi connectivity index (χ1) is 9.22. The van der Waals surface area contributed by atoms with Crippen molar-refractivity contribution in [2.24, 2.45) is 0 Å². The Kier molecular flexibility index (Phi) is 3.73. The third-order valence-corrected chi connectivity index (χ3v) is 2.47. The predicted molar refractivity (Wildman–Crippen MR) is 69.1 cm³/mol. The number of hydrogen-bond acceptors (Lipinski definition) is 5. The second-order valence-corrected chi connectivity index (χ2v) is 3.74. The van der Waals surface area contributed by atoms with Gasteiger partial charge in [0.05, 0.1) is 12.5 Å². The predicted octanol–water partition coefficient (Wildman–Crippen LogP) is 0.947. The van der Waals surface area contributed by atoms with Crippen molar-refractivity contribution in [3.05, 3.63) is 36.2 Å². The van der Waals surface area contributed by atoms with Gasteiger partial charge in [-0.3, -0.25) is 9.89 Å². The highest BCUT2D eigenvalue weighted by Crippen LogP contribution is 2.16. The minimum atomic E-state index is -0.370. The Morgan fingerprint density at radius 2 is 2.16 bits per heavy atom. The molecule has 0 spiro atoms. The summed E-state index contributed by atoms with van der Waals surface area (Å²) in [4.78, 5) is 17.6. The van der Waals surface area contributed by atoms with Crippen molar-refractivity contribution in [3.63, 3.8) is 0 Å². The van der Waals surface area contributed by atoms with Crippen LogP contribution in [0.5, 0.6) is 0 Å². The average molecular weight is 256 g/mol. The molecule has 0 saturated carbocycles. The molecule has 1 heterocycles. The average Bonchev–Trinajstić information content (AvgIpc) is 2.87.